The van der Waals surface area contributed by atoms with E-state index in [1.807, 2.05) is 44.2 Å². The second-order valence-electron chi connectivity index (χ2n) is 7.34. The van der Waals surface area contributed by atoms with E-state index in [0.29, 0.717) is 11.4 Å². The summed E-state index contributed by atoms with van der Waals surface area (Å²) in [6, 6.07) is 21.1. The molecule has 6 nitrogen and oxygen atoms in total. The van der Waals surface area contributed by atoms with Gasteiger partial charge in [0, 0.05) is 3.57 Å². The minimum Gasteiger partial charge on any atom is -0.271 e. The monoisotopic (exact) mass is 561 g/mol. The molecule has 0 aliphatic rings. The molecular formula is C24H24IN3O3S. The normalized spacial score (nSPS) is 11.8. The fourth-order valence-electron chi connectivity index (χ4n) is 3.01. The molecule has 3 aromatic rings. The summed E-state index contributed by atoms with van der Waals surface area (Å²) >= 11 is 2.21. The fourth-order valence-corrected chi connectivity index (χ4v) is 4.98. The van der Waals surface area contributed by atoms with E-state index < -0.39 is 22.5 Å². The maximum atomic E-state index is 13.4. The van der Waals surface area contributed by atoms with Crippen LogP contribution in [0.1, 0.15) is 23.6 Å². The number of nitrogens with zero attached hydrogens (tertiary/aromatic N) is 2. The number of anilines is 1. The van der Waals surface area contributed by atoms with Crippen molar-refractivity contribution < 1.29 is 13.2 Å². The molecule has 3 aromatic carbocycles. The highest BCUT2D eigenvalue weighted by Gasteiger charge is 2.27. The number of sulfonamides is 1. The van der Waals surface area contributed by atoms with Crippen LogP contribution in [0.25, 0.3) is 0 Å². The molecule has 0 aromatic heterocycles. The molecule has 0 saturated heterocycles. The molecule has 0 spiro atoms. The third kappa shape index (κ3) is 5.74. The number of amides is 1. The largest absolute Gasteiger partial charge is 0.271 e. The lowest BCUT2D eigenvalue weighted by molar-refractivity contribution is -0.119. The molecule has 0 atom stereocenters. The molecule has 32 heavy (non-hydrogen) atoms. The zero-order valence-electron chi connectivity index (χ0n) is 18.0. The van der Waals surface area contributed by atoms with Gasteiger partial charge in [-0.3, -0.25) is 9.10 Å². The van der Waals surface area contributed by atoms with Crippen LogP contribution in [-0.2, 0) is 14.8 Å². The molecule has 1 N–H and O–H groups in total. The zero-order valence-corrected chi connectivity index (χ0v) is 21.0. The van der Waals surface area contributed by atoms with E-state index in [1.165, 1.54) is 12.1 Å². The molecule has 0 saturated carbocycles. The predicted molar refractivity (Wildman–Crippen MR) is 136 cm³/mol. The number of aryl methyl sites for hydroxylation is 2. The first-order valence-electron chi connectivity index (χ1n) is 9.92. The Kier molecular flexibility index (Phi) is 7.68. The van der Waals surface area contributed by atoms with Gasteiger partial charge in [-0.05, 0) is 96.5 Å². The van der Waals surface area contributed by atoms with Crippen LogP contribution in [0.2, 0.25) is 0 Å². The lowest BCUT2D eigenvalue weighted by atomic mass is 10.1. The Morgan fingerprint density at radius 2 is 1.69 bits per heavy atom. The Balaban J connectivity index is 1.89. The highest BCUT2D eigenvalue weighted by atomic mass is 127. The van der Waals surface area contributed by atoms with Gasteiger partial charge in [0.2, 0.25) is 0 Å². The lowest BCUT2D eigenvalue weighted by Crippen LogP contribution is -2.39. The van der Waals surface area contributed by atoms with Gasteiger partial charge >= 0.3 is 0 Å². The molecule has 0 aliphatic heterocycles. The number of carbonyl (C=O) groups is 1. The summed E-state index contributed by atoms with van der Waals surface area (Å²) in [5, 5.41) is 4.16. The number of rotatable bonds is 7. The van der Waals surface area contributed by atoms with Crippen LogP contribution in [0.3, 0.4) is 0 Å². The van der Waals surface area contributed by atoms with Crippen molar-refractivity contribution in [1.82, 2.24) is 5.43 Å². The van der Waals surface area contributed by atoms with Gasteiger partial charge in [-0.1, -0.05) is 36.4 Å². The van der Waals surface area contributed by atoms with E-state index in [1.54, 1.807) is 37.3 Å². The second-order valence-corrected chi connectivity index (χ2v) is 10.4. The number of halogens is 1. The van der Waals surface area contributed by atoms with Gasteiger partial charge in [-0.25, -0.2) is 13.8 Å². The van der Waals surface area contributed by atoms with Crippen molar-refractivity contribution in [2.75, 3.05) is 10.8 Å². The maximum Gasteiger partial charge on any atom is 0.264 e. The summed E-state index contributed by atoms with van der Waals surface area (Å²) < 4.78 is 28.9. The number of carbonyl (C=O) groups excluding carboxylic acids is 1. The molecule has 3 rings (SSSR count). The topological polar surface area (TPSA) is 78.8 Å². The van der Waals surface area contributed by atoms with Gasteiger partial charge in [-0.2, -0.15) is 5.10 Å². The molecule has 166 valence electrons. The van der Waals surface area contributed by atoms with Crippen molar-refractivity contribution >= 4 is 49.9 Å². The Morgan fingerprint density at radius 3 is 2.34 bits per heavy atom. The Hall–Kier alpha value is -2.72. The van der Waals surface area contributed by atoms with Crippen molar-refractivity contribution in [3.8, 4) is 0 Å². The van der Waals surface area contributed by atoms with E-state index in [-0.39, 0.29) is 4.90 Å². The van der Waals surface area contributed by atoms with Gasteiger partial charge in [0.15, 0.2) is 0 Å². The Morgan fingerprint density at radius 1 is 0.969 bits per heavy atom. The molecule has 0 heterocycles. The van der Waals surface area contributed by atoms with Crippen molar-refractivity contribution in [1.29, 1.82) is 0 Å². The quantitative estimate of drug-likeness (QED) is 0.259. The first-order valence-corrected chi connectivity index (χ1v) is 12.4. The number of hydrazone groups is 1. The second kappa shape index (κ2) is 10.3. The van der Waals surface area contributed by atoms with E-state index in [9.17, 15) is 13.2 Å². The van der Waals surface area contributed by atoms with Crippen LogP contribution in [-0.4, -0.2) is 26.6 Å². The average molecular weight is 561 g/mol. The SMILES string of the molecule is C/C(=N/NC(=O)CN(c1ccc(C)c(C)c1)S(=O)(=O)c1ccccc1)c1cccc(I)c1. The minimum absolute atomic E-state index is 0.115. The Labute approximate surface area is 202 Å². The molecular weight excluding hydrogens is 537 g/mol. The molecule has 0 radical (unpaired) electrons. The van der Waals surface area contributed by atoms with Crippen molar-refractivity contribution in [2.45, 2.75) is 25.7 Å². The number of hydrogen-bond acceptors (Lipinski definition) is 4. The predicted octanol–water partition coefficient (Wildman–Crippen LogP) is 4.64. The van der Waals surface area contributed by atoms with E-state index in [0.717, 1.165) is 24.6 Å². The van der Waals surface area contributed by atoms with Crippen molar-refractivity contribution in [3.05, 3.63) is 93.1 Å². The van der Waals surface area contributed by atoms with Crippen molar-refractivity contribution in [2.24, 2.45) is 5.10 Å². The van der Waals surface area contributed by atoms with Gasteiger partial charge in [0.05, 0.1) is 16.3 Å². The maximum absolute atomic E-state index is 13.4. The molecule has 8 heteroatoms. The number of hydrogen-bond donors (Lipinski definition) is 1. The summed E-state index contributed by atoms with van der Waals surface area (Å²) in [6.07, 6.45) is 0. The van der Waals surface area contributed by atoms with Gasteiger partial charge in [-0.15, -0.1) is 0 Å². The molecule has 0 unspecified atom stereocenters. The van der Waals surface area contributed by atoms with E-state index >= 15 is 0 Å². The van der Waals surface area contributed by atoms with Crippen molar-refractivity contribution in [3.63, 3.8) is 0 Å². The van der Waals surface area contributed by atoms with Crippen LogP contribution in [0.5, 0.6) is 0 Å². The molecule has 1 amide bonds. The summed E-state index contributed by atoms with van der Waals surface area (Å²) in [5.41, 5.74) is 6.38. The summed E-state index contributed by atoms with van der Waals surface area (Å²) in [5.74, 6) is -0.535. The molecule has 0 fully saturated rings. The first-order chi connectivity index (χ1) is 15.2. The van der Waals surface area contributed by atoms with E-state index in [4.69, 9.17) is 0 Å². The molecule has 0 aliphatic carbocycles. The minimum atomic E-state index is -3.95. The van der Waals surface area contributed by atoms with Crippen LogP contribution < -0.4 is 9.73 Å². The van der Waals surface area contributed by atoms with Gasteiger partial charge < -0.3 is 0 Å². The van der Waals surface area contributed by atoms with E-state index in [2.05, 4.69) is 33.1 Å². The number of benzene rings is 3. The summed E-state index contributed by atoms with van der Waals surface area (Å²) in [7, 11) is -3.95. The highest BCUT2D eigenvalue weighted by molar-refractivity contribution is 14.1. The van der Waals surface area contributed by atoms with Crippen LogP contribution in [0.4, 0.5) is 5.69 Å². The fraction of sp³-hybridized carbons (Fsp3) is 0.167. The Bertz CT molecular complexity index is 1260. The van der Waals surface area contributed by atoms with Crippen LogP contribution in [0, 0.1) is 17.4 Å². The first kappa shape index (κ1) is 23.9. The summed E-state index contributed by atoms with van der Waals surface area (Å²) in [4.78, 5) is 12.8. The summed E-state index contributed by atoms with van der Waals surface area (Å²) in [6.45, 7) is 5.24. The standard InChI is InChI=1S/C24H24IN3O3S/c1-17-12-13-22(14-18(17)2)28(32(30,31)23-10-5-4-6-11-23)16-24(29)27-26-19(3)20-8-7-9-21(25)15-20/h4-15H,16H2,1-3H3,(H,27,29)/b26-19-. The van der Waals surface area contributed by atoms with Gasteiger partial charge in [0.25, 0.3) is 15.9 Å². The average Bonchev–Trinajstić information content (AvgIpc) is 2.78. The molecule has 0 bridgehead atoms. The lowest BCUT2D eigenvalue weighted by Gasteiger charge is -2.24. The third-order valence-corrected chi connectivity index (χ3v) is 7.45. The number of nitrogens with one attached hydrogen (secondary N) is 1. The zero-order chi connectivity index (χ0) is 23.3. The van der Waals surface area contributed by atoms with Crippen LogP contribution >= 0.6 is 22.6 Å². The smallest absolute Gasteiger partial charge is 0.264 e. The third-order valence-electron chi connectivity index (χ3n) is 4.99. The van der Waals surface area contributed by atoms with Gasteiger partial charge in [0.1, 0.15) is 6.54 Å². The highest BCUT2D eigenvalue weighted by Crippen LogP contribution is 2.25. The van der Waals surface area contributed by atoms with Crippen LogP contribution in [0.15, 0.2) is 82.8 Å².